The van der Waals surface area contributed by atoms with E-state index in [4.69, 9.17) is 10.7 Å². The number of hydrogen-bond acceptors (Lipinski definition) is 4. The highest BCUT2D eigenvalue weighted by Gasteiger charge is 2.36. The predicted molar refractivity (Wildman–Crippen MR) is 100 cm³/mol. The van der Waals surface area contributed by atoms with E-state index >= 15 is 0 Å². The highest BCUT2D eigenvalue weighted by molar-refractivity contribution is 5.93. The molecule has 0 spiro atoms. The van der Waals surface area contributed by atoms with Crippen molar-refractivity contribution in [3.63, 3.8) is 0 Å². The molecule has 5 heteroatoms. The maximum Gasteiger partial charge on any atom is 0.252 e. The second-order valence-electron chi connectivity index (χ2n) is 8.07. The number of rotatable bonds is 7. The molecule has 3 N–H and O–H groups in total. The van der Waals surface area contributed by atoms with Crippen LogP contribution in [0.2, 0.25) is 0 Å². The van der Waals surface area contributed by atoms with Gasteiger partial charge in [-0.05, 0) is 56.3 Å². The largest absolute Gasteiger partial charge is 0.365 e. The van der Waals surface area contributed by atoms with Gasteiger partial charge in [0.15, 0.2) is 0 Å². The van der Waals surface area contributed by atoms with Gasteiger partial charge >= 0.3 is 0 Å². The van der Waals surface area contributed by atoms with Crippen molar-refractivity contribution in [3.05, 3.63) is 17.5 Å². The molecular weight excluding hydrogens is 312 g/mol. The Balaban J connectivity index is 1.72. The molecule has 1 aromatic rings. The molecule has 1 amide bonds. The average Bonchev–Trinajstić information content (AvgIpc) is 2.59. The van der Waals surface area contributed by atoms with E-state index in [2.05, 4.69) is 24.1 Å². The Bertz CT molecular complexity index is 598. The SMILES string of the molecule is CCC1CCC(Nc2ncc(C(N)=O)c(CC3(CC)CCC3)n2)CC1. The van der Waals surface area contributed by atoms with E-state index in [1.54, 1.807) is 6.20 Å². The van der Waals surface area contributed by atoms with E-state index in [1.165, 1.54) is 51.4 Å². The molecule has 0 unspecified atom stereocenters. The number of hydrogen-bond donors (Lipinski definition) is 2. The molecule has 0 bridgehead atoms. The van der Waals surface area contributed by atoms with Crippen LogP contribution in [0.1, 0.15) is 87.7 Å². The van der Waals surface area contributed by atoms with Crippen LogP contribution in [-0.2, 0) is 6.42 Å². The molecule has 3 rings (SSSR count). The highest BCUT2D eigenvalue weighted by atomic mass is 16.1. The van der Waals surface area contributed by atoms with E-state index < -0.39 is 5.91 Å². The smallest absolute Gasteiger partial charge is 0.252 e. The number of nitrogens with zero attached hydrogens (tertiary/aromatic N) is 2. The highest BCUT2D eigenvalue weighted by Crippen LogP contribution is 2.46. The van der Waals surface area contributed by atoms with Crippen LogP contribution >= 0.6 is 0 Å². The lowest BCUT2D eigenvalue weighted by atomic mass is 9.64. The molecule has 0 aliphatic heterocycles. The van der Waals surface area contributed by atoms with Crippen LogP contribution in [0.5, 0.6) is 0 Å². The van der Waals surface area contributed by atoms with E-state index in [0.717, 1.165) is 24.5 Å². The van der Waals surface area contributed by atoms with Crippen molar-refractivity contribution in [3.8, 4) is 0 Å². The third-order valence-electron chi connectivity index (χ3n) is 6.60. The summed E-state index contributed by atoms with van der Waals surface area (Å²) in [6.45, 7) is 4.51. The molecule has 5 nitrogen and oxygen atoms in total. The summed E-state index contributed by atoms with van der Waals surface area (Å²) in [4.78, 5) is 20.9. The Morgan fingerprint density at radius 3 is 2.52 bits per heavy atom. The number of amides is 1. The average molecular weight is 345 g/mol. The van der Waals surface area contributed by atoms with Crippen LogP contribution in [0.25, 0.3) is 0 Å². The van der Waals surface area contributed by atoms with Crippen molar-refractivity contribution < 1.29 is 4.79 Å². The van der Waals surface area contributed by atoms with Crippen molar-refractivity contribution in [1.82, 2.24) is 9.97 Å². The standard InChI is InChI=1S/C20H32N4O/c1-3-14-6-8-15(9-7-14)23-19-22-13-16(18(21)25)17(24-19)12-20(4-2)10-5-11-20/h13-15H,3-12H2,1-2H3,(H2,21,25)(H,22,23,24). The summed E-state index contributed by atoms with van der Waals surface area (Å²) >= 11 is 0. The Hall–Kier alpha value is -1.65. The molecule has 138 valence electrons. The lowest BCUT2D eigenvalue weighted by Crippen LogP contribution is -2.33. The number of aromatic nitrogens is 2. The first-order valence-electron chi connectivity index (χ1n) is 9.97. The second kappa shape index (κ2) is 7.71. The van der Waals surface area contributed by atoms with Gasteiger partial charge in [-0.2, -0.15) is 0 Å². The van der Waals surface area contributed by atoms with Gasteiger partial charge < -0.3 is 11.1 Å². The van der Waals surface area contributed by atoms with Gasteiger partial charge in [0, 0.05) is 12.2 Å². The Labute approximate surface area is 151 Å². The monoisotopic (exact) mass is 344 g/mol. The molecule has 1 aromatic heterocycles. The van der Waals surface area contributed by atoms with Crippen LogP contribution in [0.3, 0.4) is 0 Å². The van der Waals surface area contributed by atoms with E-state index in [1.807, 2.05) is 0 Å². The summed E-state index contributed by atoms with van der Waals surface area (Å²) in [6, 6.07) is 0.443. The quantitative estimate of drug-likeness (QED) is 0.781. The first-order chi connectivity index (χ1) is 12.0. The van der Waals surface area contributed by atoms with Gasteiger partial charge in [0.25, 0.3) is 5.91 Å². The minimum atomic E-state index is -0.421. The number of carbonyl (C=O) groups is 1. The van der Waals surface area contributed by atoms with Crippen LogP contribution in [0, 0.1) is 11.3 Å². The third-order valence-corrected chi connectivity index (χ3v) is 6.60. The maximum atomic E-state index is 11.8. The molecule has 25 heavy (non-hydrogen) atoms. The van der Waals surface area contributed by atoms with Crippen molar-refractivity contribution in [1.29, 1.82) is 0 Å². The fourth-order valence-corrected chi connectivity index (χ4v) is 4.41. The van der Waals surface area contributed by atoms with Gasteiger partial charge in [0.05, 0.1) is 11.3 Å². The fraction of sp³-hybridized carbons (Fsp3) is 0.750. The summed E-state index contributed by atoms with van der Waals surface area (Å²) < 4.78 is 0. The third kappa shape index (κ3) is 4.13. The summed E-state index contributed by atoms with van der Waals surface area (Å²) in [5.41, 5.74) is 7.17. The van der Waals surface area contributed by atoms with Gasteiger partial charge in [-0.25, -0.2) is 9.97 Å². The minimum Gasteiger partial charge on any atom is -0.365 e. The molecule has 2 aliphatic rings. The van der Waals surface area contributed by atoms with Gasteiger partial charge in [0.1, 0.15) is 0 Å². The number of anilines is 1. The van der Waals surface area contributed by atoms with Gasteiger partial charge in [-0.3, -0.25) is 4.79 Å². The lowest BCUT2D eigenvalue weighted by molar-refractivity contribution is 0.0992. The van der Waals surface area contributed by atoms with Crippen molar-refractivity contribution >= 4 is 11.9 Å². The molecular formula is C20H32N4O. The first kappa shape index (κ1) is 18.2. The fourth-order valence-electron chi connectivity index (χ4n) is 4.41. The zero-order valence-electron chi connectivity index (χ0n) is 15.7. The van der Waals surface area contributed by atoms with Crippen LogP contribution in [0.15, 0.2) is 6.20 Å². The Morgan fingerprint density at radius 1 is 1.28 bits per heavy atom. The summed E-state index contributed by atoms with van der Waals surface area (Å²) in [5.74, 6) is 1.11. The Kier molecular flexibility index (Phi) is 5.60. The zero-order chi connectivity index (χ0) is 17.9. The molecule has 0 radical (unpaired) electrons. The van der Waals surface area contributed by atoms with Crippen LogP contribution in [0.4, 0.5) is 5.95 Å². The number of carbonyl (C=O) groups excluding carboxylic acids is 1. The number of nitrogens with one attached hydrogen (secondary N) is 1. The molecule has 0 aromatic carbocycles. The van der Waals surface area contributed by atoms with E-state index in [-0.39, 0.29) is 0 Å². The molecule has 0 atom stereocenters. The molecule has 2 fully saturated rings. The van der Waals surface area contributed by atoms with Gasteiger partial charge in [0.2, 0.25) is 5.95 Å². The number of nitrogens with two attached hydrogens (primary N) is 1. The molecule has 1 heterocycles. The van der Waals surface area contributed by atoms with Crippen molar-refractivity contribution in [2.45, 2.75) is 84.1 Å². The van der Waals surface area contributed by atoms with Crippen molar-refractivity contribution in [2.24, 2.45) is 17.1 Å². The van der Waals surface area contributed by atoms with E-state index in [9.17, 15) is 4.79 Å². The molecule has 0 saturated heterocycles. The Morgan fingerprint density at radius 2 is 2.00 bits per heavy atom. The van der Waals surface area contributed by atoms with Gasteiger partial charge in [-0.1, -0.05) is 33.1 Å². The summed E-state index contributed by atoms with van der Waals surface area (Å²) in [6.07, 6.45) is 13.5. The van der Waals surface area contributed by atoms with Crippen LogP contribution < -0.4 is 11.1 Å². The number of primary amides is 1. The van der Waals surface area contributed by atoms with Gasteiger partial charge in [-0.15, -0.1) is 0 Å². The molecule has 2 saturated carbocycles. The normalized spacial score (nSPS) is 25.2. The maximum absolute atomic E-state index is 11.8. The summed E-state index contributed by atoms with van der Waals surface area (Å²) in [5, 5.41) is 3.50. The van der Waals surface area contributed by atoms with Crippen molar-refractivity contribution in [2.75, 3.05) is 5.32 Å². The second-order valence-corrected chi connectivity index (χ2v) is 8.07. The van der Waals surface area contributed by atoms with E-state index in [0.29, 0.717) is 23.0 Å². The minimum absolute atomic E-state index is 0.301. The predicted octanol–water partition coefficient (Wildman–Crippen LogP) is 4.08. The first-order valence-corrected chi connectivity index (χ1v) is 9.97. The molecule has 2 aliphatic carbocycles. The van der Waals surface area contributed by atoms with Crippen LogP contribution in [-0.4, -0.2) is 21.9 Å². The lowest BCUT2D eigenvalue weighted by Gasteiger charge is -2.41. The zero-order valence-corrected chi connectivity index (χ0v) is 15.7. The summed E-state index contributed by atoms with van der Waals surface area (Å²) in [7, 11) is 0. The topological polar surface area (TPSA) is 80.9 Å².